The lowest BCUT2D eigenvalue weighted by molar-refractivity contribution is -0.123. The first-order valence-electron chi connectivity index (χ1n) is 12.8. The average molecular weight is 504 g/mol. The van der Waals surface area contributed by atoms with Crippen molar-refractivity contribution in [1.82, 2.24) is 25.5 Å². The van der Waals surface area contributed by atoms with Gasteiger partial charge in [0.25, 0.3) is 0 Å². The van der Waals surface area contributed by atoms with E-state index in [0.29, 0.717) is 45.6 Å². The zero-order valence-electron chi connectivity index (χ0n) is 21.0. The Morgan fingerprint density at radius 1 is 0.973 bits per heavy atom. The Kier molecular flexibility index (Phi) is 7.82. The number of fused-ring (bicyclic) bond motifs is 10. The summed E-state index contributed by atoms with van der Waals surface area (Å²) in [7, 11) is 0. The number of amides is 2. The molecule has 3 aliphatic rings. The third-order valence-electron chi connectivity index (χ3n) is 6.65. The van der Waals surface area contributed by atoms with Gasteiger partial charge in [-0.1, -0.05) is 24.3 Å². The van der Waals surface area contributed by atoms with E-state index in [2.05, 4.69) is 25.5 Å². The number of ether oxygens (including phenoxy) is 2. The smallest absolute Gasteiger partial charge is 0.222 e. The summed E-state index contributed by atoms with van der Waals surface area (Å²) in [5.41, 5.74) is 3.07. The van der Waals surface area contributed by atoms with Gasteiger partial charge in [0.15, 0.2) is 0 Å². The molecule has 0 unspecified atom stereocenters. The number of carbonyl (C=O) groups is 2. The zero-order chi connectivity index (χ0) is 25.6. The van der Waals surface area contributed by atoms with Crippen LogP contribution in [0.1, 0.15) is 35.5 Å². The molecule has 2 atom stereocenters. The highest BCUT2D eigenvalue weighted by molar-refractivity contribution is 5.79. The van der Waals surface area contributed by atoms with Crippen molar-refractivity contribution >= 4 is 11.8 Å². The maximum Gasteiger partial charge on any atom is 0.222 e. The Bertz CT molecular complexity index is 1230. The monoisotopic (exact) mass is 503 g/mol. The predicted octanol–water partition coefficient (Wildman–Crippen LogP) is 2.85. The van der Waals surface area contributed by atoms with Gasteiger partial charge in [-0.05, 0) is 48.7 Å². The van der Waals surface area contributed by atoms with Gasteiger partial charge in [-0.25, -0.2) is 4.98 Å². The third kappa shape index (κ3) is 6.96. The van der Waals surface area contributed by atoms with Crippen LogP contribution in [0.5, 0.6) is 11.5 Å². The molecule has 6 rings (SSSR count). The molecule has 3 aromatic rings. The number of aromatic amines is 1. The van der Waals surface area contributed by atoms with Crippen LogP contribution >= 0.6 is 0 Å². The predicted molar refractivity (Wildman–Crippen MR) is 138 cm³/mol. The summed E-state index contributed by atoms with van der Waals surface area (Å²) in [6.07, 6.45) is 2.85. The second-order valence-electron chi connectivity index (χ2n) is 9.72. The van der Waals surface area contributed by atoms with Gasteiger partial charge in [-0.2, -0.15) is 0 Å². The molecule has 194 valence electrons. The average Bonchev–Trinajstić information content (AvgIpc) is 3.47. The Morgan fingerprint density at radius 2 is 1.84 bits per heavy atom. The molecule has 1 aromatic heterocycles. The van der Waals surface area contributed by atoms with Gasteiger partial charge in [0.1, 0.15) is 17.3 Å². The minimum Gasteiger partial charge on any atom is -0.457 e. The first-order valence-corrected chi connectivity index (χ1v) is 12.8. The number of H-pyrrole nitrogens is 1. The lowest BCUT2D eigenvalue weighted by Gasteiger charge is -2.21. The van der Waals surface area contributed by atoms with Gasteiger partial charge in [0.2, 0.25) is 11.8 Å². The summed E-state index contributed by atoms with van der Waals surface area (Å²) in [4.78, 5) is 34.9. The van der Waals surface area contributed by atoms with E-state index in [-0.39, 0.29) is 30.4 Å². The van der Waals surface area contributed by atoms with E-state index in [0.717, 1.165) is 34.1 Å². The maximum atomic E-state index is 12.7. The van der Waals surface area contributed by atoms with Gasteiger partial charge in [0.05, 0.1) is 25.3 Å². The summed E-state index contributed by atoms with van der Waals surface area (Å²) in [5, 5.41) is 5.98. The van der Waals surface area contributed by atoms with Crippen LogP contribution in [0.25, 0.3) is 0 Å². The van der Waals surface area contributed by atoms with Crippen LogP contribution in [-0.2, 0) is 33.9 Å². The Morgan fingerprint density at radius 3 is 2.65 bits per heavy atom. The van der Waals surface area contributed by atoms with Gasteiger partial charge in [-0.15, -0.1) is 0 Å². The van der Waals surface area contributed by atoms with E-state index >= 15 is 0 Å². The number of aromatic nitrogens is 2. The molecule has 1 fully saturated rings. The van der Waals surface area contributed by atoms with Crippen LogP contribution in [-0.4, -0.2) is 58.5 Å². The van der Waals surface area contributed by atoms with Gasteiger partial charge >= 0.3 is 0 Å². The zero-order valence-corrected chi connectivity index (χ0v) is 21.0. The molecule has 3 N–H and O–H groups in total. The number of carbonyl (C=O) groups excluding carboxylic acids is 2. The summed E-state index contributed by atoms with van der Waals surface area (Å²) >= 11 is 0. The molecule has 0 radical (unpaired) electrons. The Labute approximate surface area is 216 Å². The molecule has 37 heavy (non-hydrogen) atoms. The quantitative estimate of drug-likeness (QED) is 0.496. The summed E-state index contributed by atoms with van der Waals surface area (Å²) in [5.74, 6) is 2.19. The standard InChI is InChI=1S/C28H33N5O4/c1-19-14-30-26(31-19)17-33-15-24-25(16-33)36-18-21-3-2-4-23(13-21)37-22-8-5-20(6-9-22)7-10-27(34)29-12-11-28(35)32-24/h2-6,8-9,13-14,24-25H,7,10-12,15-18H2,1H3,(H,29,34)(H,30,31)(H,32,35)/t24-,25-/m0/s1. The molecule has 9 nitrogen and oxygen atoms in total. The van der Waals surface area contributed by atoms with Gasteiger partial charge in [-0.3, -0.25) is 14.5 Å². The Balaban J connectivity index is 1.31. The van der Waals surface area contributed by atoms with E-state index in [4.69, 9.17) is 9.47 Å². The molecule has 0 spiro atoms. The molecular weight excluding hydrogens is 470 g/mol. The normalized spacial score (nSPS) is 21.5. The first-order chi connectivity index (χ1) is 18.0. The molecule has 4 bridgehead atoms. The second-order valence-corrected chi connectivity index (χ2v) is 9.72. The molecule has 0 saturated carbocycles. The highest BCUT2D eigenvalue weighted by Gasteiger charge is 2.35. The van der Waals surface area contributed by atoms with Crippen molar-refractivity contribution in [1.29, 1.82) is 0 Å². The van der Waals surface area contributed by atoms with Crippen molar-refractivity contribution in [3.8, 4) is 11.5 Å². The lowest BCUT2D eigenvalue weighted by Crippen LogP contribution is -2.44. The number of hydrogen-bond donors (Lipinski definition) is 3. The minimum absolute atomic E-state index is 0.0682. The highest BCUT2D eigenvalue weighted by Crippen LogP contribution is 2.24. The van der Waals surface area contributed by atoms with Crippen molar-refractivity contribution < 1.29 is 19.1 Å². The van der Waals surface area contributed by atoms with E-state index in [1.165, 1.54) is 0 Å². The summed E-state index contributed by atoms with van der Waals surface area (Å²) in [6, 6.07) is 15.5. The lowest BCUT2D eigenvalue weighted by atomic mass is 10.1. The van der Waals surface area contributed by atoms with Gasteiger partial charge in [0, 0.05) is 44.4 Å². The number of hydrogen-bond acceptors (Lipinski definition) is 6. The maximum absolute atomic E-state index is 12.7. The first kappa shape index (κ1) is 25.0. The van der Waals surface area contributed by atoms with Crippen LogP contribution < -0.4 is 15.4 Å². The van der Waals surface area contributed by atoms with Crippen LogP contribution in [0.2, 0.25) is 0 Å². The molecule has 0 aliphatic carbocycles. The molecule has 2 amide bonds. The number of aryl methyl sites for hydroxylation is 2. The number of likely N-dealkylation sites (tertiary alicyclic amines) is 1. The SMILES string of the molecule is Cc1cnc(CN2C[C@@H]3NC(=O)CCNC(=O)CCc4ccc(cc4)Oc4cccc(c4)CO[C@H]3C2)[nH]1. The molecule has 3 aliphatic heterocycles. The summed E-state index contributed by atoms with van der Waals surface area (Å²) in [6.45, 7) is 4.66. The van der Waals surface area contributed by atoms with Crippen molar-refractivity contribution in [2.24, 2.45) is 0 Å². The van der Waals surface area contributed by atoms with Crippen molar-refractivity contribution in [2.45, 2.75) is 51.5 Å². The number of nitrogens with one attached hydrogen (secondary N) is 3. The van der Waals surface area contributed by atoms with Crippen LogP contribution in [0, 0.1) is 6.92 Å². The van der Waals surface area contributed by atoms with Gasteiger partial charge < -0.3 is 25.1 Å². The molecule has 4 heterocycles. The van der Waals surface area contributed by atoms with E-state index in [1.807, 2.05) is 61.7 Å². The van der Waals surface area contributed by atoms with Crippen molar-refractivity contribution in [2.75, 3.05) is 19.6 Å². The van der Waals surface area contributed by atoms with Crippen LogP contribution in [0.3, 0.4) is 0 Å². The van der Waals surface area contributed by atoms with E-state index < -0.39 is 0 Å². The molecular formula is C28H33N5O4. The fraction of sp³-hybridized carbons (Fsp3) is 0.393. The fourth-order valence-corrected chi connectivity index (χ4v) is 4.75. The Hall–Kier alpha value is -3.69. The van der Waals surface area contributed by atoms with Crippen molar-refractivity contribution in [3.05, 3.63) is 77.4 Å². The van der Waals surface area contributed by atoms with E-state index in [1.54, 1.807) is 0 Å². The van der Waals surface area contributed by atoms with E-state index in [9.17, 15) is 9.59 Å². The minimum atomic E-state index is -0.183. The third-order valence-corrected chi connectivity index (χ3v) is 6.65. The molecule has 1 saturated heterocycles. The topological polar surface area (TPSA) is 109 Å². The molecule has 2 aromatic carbocycles. The van der Waals surface area contributed by atoms with Crippen molar-refractivity contribution in [3.63, 3.8) is 0 Å². The second kappa shape index (κ2) is 11.6. The summed E-state index contributed by atoms with van der Waals surface area (Å²) < 4.78 is 12.4. The largest absolute Gasteiger partial charge is 0.457 e. The molecule has 9 heteroatoms. The number of nitrogens with zero attached hydrogens (tertiary/aromatic N) is 2. The fourth-order valence-electron chi connectivity index (χ4n) is 4.75. The van der Waals surface area contributed by atoms with Crippen LogP contribution in [0.4, 0.5) is 0 Å². The highest BCUT2D eigenvalue weighted by atomic mass is 16.5. The number of imidazole rings is 1. The number of rotatable bonds is 2. The van der Waals surface area contributed by atoms with Crippen LogP contribution in [0.15, 0.2) is 54.7 Å². The number of benzene rings is 2.